The van der Waals surface area contributed by atoms with E-state index in [2.05, 4.69) is 32.3 Å². The number of halogens is 1. The number of amides is 1. The van der Waals surface area contributed by atoms with Gasteiger partial charge in [0.25, 0.3) is 5.91 Å². The Morgan fingerprint density at radius 1 is 1.25 bits per heavy atom. The number of fused-ring (bicyclic) bond motifs is 1. The lowest BCUT2D eigenvalue weighted by atomic mass is 10.1. The van der Waals surface area contributed by atoms with Gasteiger partial charge in [0.2, 0.25) is 0 Å². The maximum Gasteiger partial charge on any atom is 0.253 e. The quantitative estimate of drug-likeness (QED) is 0.736. The van der Waals surface area contributed by atoms with Gasteiger partial charge in [0.15, 0.2) is 0 Å². The van der Waals surface area contributed by atoms with Gasteiger partial charge in [-0.25, -0.2) is 0 Å². The van der Waals surface area contributed by atoms with E-state index in [1.165, 1.54) is 4.88 Å². The number of carbonyl (C=O) groups excluding carboxylic acids is 1. The molecule has 0 atom stereocenters. The fourth-order valence-corrected chi connectivity index (χ4v) is 3.64. The first-order chi connectivity index (χ1) is 9.74. The smallest absolute Gasteiger partial charge is 0.253 e. The van der Waals surface area contributed by atoms with Gasteiger partial charge < -0.3 is 10.3 Å². The van der Waals surface area contributed by atoms with Crippen molar-refractivity contribution in [1.82, 2.24) is 10.3 Å². The molecule has 0 aliphatic heterocycles. The fourth-order valence-electron chi connectivity index (χ4n) is 2.15. The Morgan fingerprint density at radius 3 is 2.95 bits per heavy atom. The van der Waals surface area contributed by atoms with Crippen LogP contribution in [0.4, 0.5) is 0 Å². The monoisotopic (exact) mass is 348 g/mol. The van der Waals surface area contributed by atoms with Gasteiger partial charge in [-0.15, -0.1) is 11.3 Å². The molecule has 0 saturated carbocycles. The highest BCUT2D eigenvalue weighted by molar-refractivity contribution is 9.11. The van der Waals surface area contributed by atoms with Gasteiger partial charge in [-0.3, -0.25) is 4.79 Å². The van der Waals surface area contributed by atoms with Gasteiger partial charge in [-0.2, -0.15) is 0 Å². The molecule has 102 valence electrons. The number of para-hydroxylation sites is 1. The molecule has 3 rings (SSSR count). The number of hydrogen-bond acceptors (Lipinski definition) is 2. The van der Waals surface area contributed by atoms with E-state index in [-0.39, 0.29) is 5.91 Å². The predicted octanol–water partition coefficient (Wildman–Crippen LogP) is 3.96. The lowest BCUT2D eigenvalue weighted by molar-refractivity contribution is 0.0955. The number of rotatable bonds is 4. The average molecular weight is 349 g/mol. The summed E-state index contributed by atoms with van der Waals surface area (Å²) in [5.74, 6) is -0.0336. The van der Waals surface area contributed by atoms with Crippen molar-refractivity contribution >= 4 is 44.1 Å². The van der Waals surface area contributed by atoms with Crippen molar-refractivity contribution in [2.75, 3.05) is 6.54 Å². The molecule has 0 aliphatic carbocycles. The maximum absolute atomic E-state index is 12.2. The lowest BCUT2D eigenvalue weighted by Crippen LogP contribution is -2.25. The van der Waals surface area contributed by atoms with Crippen LogP contribution in [-0.2, 0) is 6.42 Å². The standard InChI is InChI=1S/C15H13BrN2OS/c16-13-5-4-11(20-13)7-9-18-15(19)12-3-1-2-10-6-8-17-14(10)12/h1-6,8,17H,7,9H2,(H,18,19). The first-order valence-corrected chi connectivity index (χ1v) is 7.93. The molecule has 2 heterocycles. The van der Waals surface area contributed by atoms with E-state index >= 15 is 0 Å². The molecule has 0 saturated heterocycles. The van der Waals surface area contributed by atoms with Gasteiger partial charge in [-0.05, 0) is 46.6 Å². The Bertz CT molecular complexity index is 747. The van der Waals surface area contributed by atoms with Gasteiger partial charge in [0, 0.05) is 23.0 Å². The molecule has 0 aliphatic rings. The van der Waals surface area contributed by atoms with E-state index in [1.54, 1.807) is 11.3 Å². The normalized spacial score (nSPS) is 10.8. The van der Waals surface area contributed by atoms with Crippen LogP contribution in [0.3, 0.4) is 0 Å². The minimum absolute atomic E-state index is 0.0336. The van der Waals surface area contributed by atoms with E-state index in [4.69, 9.17) is 0 Å². The first-order valence-electron chi connectivity index (χ1n) is 6.32. The van der Waals surface area contributed by atoms with E-state index in [0.717, 1.165) is 21.1 Å². The zero-order valence-electron chi connectivity index (χ0n) is 10.7. The number of nitrogens with one attached hydrogen (secondary N) is 2. The van der Waals surface area contributed by atoms with E-state index in [9.17, 15) is 4.79 Å². The lowest BCUT2D eigenvalue weighted by Gasteiger charge is -2.05. The van der Waals surface area contributed by atoms with Crippen LogP contribution >= 0.6 is 27.3 Å². The van der Waals surface area contributed by atoms with Crippen LogP contribution in [-0.4, -0.2) is 17.4 Å². The number of thiophene rings is 1. The summed E-state index contributed by atoms with van der Waals surface area (Å²) in [6.07, 6.45) is 2.70. The zero-order chi connectivity index (χ0) is 13.9. The Morgan fingerprint density at radius 2 is 2.15 bits per heavy atom. The molecule has 3 nitrogen and oxygen atoms in total. The Labute approximate surface area is 129 Å². The van der Waals surface area contributed by atoms with Crippen molar-refractivity contribution in [3.63, 3.8) is 0 Å². The van der Waals surface area contributed by atoms with Crippen LogP contribution < -0.4 is 5.32 Å². The topological polar surface area (TPSA) is 44.9 Å². The number of aromatic amines is 1. The summed E-state index contributed by atoms with van der Waals surface area (Å²) >= 11 is 5.14. The minimum atomic E-state index is -0.0336. The molecule has 1 aromatic carbocycles. The average Bonchev–Trinajstić information content (AvgIpc) is 3.06. The van der Waals surface area contributed by atoms with Gasteiger partial charge in [0.05, 0.1) is 14.9 Å². The molecule has 0 spiro atoms. The van der Waals surface area contributed by atoms with Crippen molar-refractivity contribution < 1.29 is 4.79 Å². The number of benzene rings is 1. The highest BCUT2D eigenvalue weighted by atomic mass is 79.9. The fraction of sp³-hybridized carbons (Fsp3) is 0.133. The Balaban J connectivity index is 1.66. The SMILES string of the molecule is O=C(NCCc1ccc(Br)s1)c1cccc2cc[nH]c12. The Hall–Kier alpha value is -1.59. The third-order valence-corrected chi connectivity index (χ3v) is 4.80. The minimum Gasteiger partial charge on any atom is -0.361 e. The highest BCUT2D eigenvalue weighted by Gasteiger charge is 2.10. The van der Waals surface area contributed by atoms with Gasteiger partial charge in [-0.1, -0.05) is 12.1 Å². The first kappa shape index (κ1) is 13.4. The van der Waals surface area contributed by atoms with Crippen molar-refractivity contribution in [1.29, 1.82) is 0 Å². The van der Waals surface area contributed by atoms with Crippen LogP contribution in [0.15, 0.2) is 46.4 Å². The highest BCUT2D eigenvalue weighted by Crippen LogP contribution is 2.22. The third kappa shape index (κ3) is 2.78. The number of aromatic nitrogens is 1. The van der Waals surface area contributed by atoms with Crippen molar-refractivity contribution in [3.05, 3.63) is 56.8 Å². The number of H-pyrrole nitrogens is 1. The zero-order valence-corrected chi connectivity index (χ0v) is 13.1. The van der Waals surface area contributed by atoms with E-state index in [0.29, 0.717) is 12.1 Å². The molecule has 0 bridgehead atoms. The van der Waals surface area contributed by atoms with Crippen LogP contribution in [0.1, 0.15) is 15.2 Å². The number of hydrogen-bond donors (Lipinski definition) is 2. The summed E-state index contributed by atoms with van der Waals surface area (Å²) in [7, 11) is 0. The van der Waals surface area contributed by atoms with E-state index in [1.807, 2.05) is 36.5 Å². The molecule has 0 unspecified atom stereocenters. The summed E-state index contributed by atoms with van der Waals surface area (Å²) in [5.41, 5.74) is 1.59. The molecule has 3 aromatic rings. The molecular weight excluding hydrogens is 336 g/mol. The second-order valence-electron chi connectivity index (χ2n) is 4.46. The molecule has 2 N–H and O–H groups in total. The summed E-state index contributed by atoms with van der Waals surface area (Å²) in [5, 5.41) is 4.03. The second-order valence-corrected chi connectivity index (χ2v) is 7.01. The van der Waals surface area contributed by atoms with E-state index < -0.39 is 0 Å². The molecule has 1 amide bonds. The molecular formula is C15H13BrN2OS. The van der Waals surface area contributed by atoms with Crippen molar-refractivity contribution in [3.8, 4) is 0 Å². The molecule has 0 fully saturated rings. The van der Waals surface area contributed by atoms with Crippen LogP contribution in [0.25, 0.3) is 10.9 Å². The third-order valence-electron chi connectivity index (χ3n) is 3.12. The summed E-state index contributed by atoms with van der Waals surface area (Å²) in [6.45, 7) is 0.642. The van der Waals surface area contributed by atoms with Gasteiger partial charge >= 0.3 is 0 Å². The van der Waals surface area contributed by atoms with Crippen molar-refractivity contribution in [2.24, 2.45) is 0 Å². The number of carbonyl (C=O) groups is 1. The van der Waals surface area contributed by atoms with Crippen LogP contribution in [0.2, 0.25) is 0 Å². The van der Waals surface area contributed by atoms with Crippen molar-refractivity contribution in [2.45, 2.75) is 6.42 Å². The van der Waals surface area contributed by atoms with Crippen LogP contribution in [0.5, 0.6) is 0 Å². The second kappa shape index (κ2) is 5.81. The molecule has 20 heavy (non-hydrogen) atoms. The summed E-state index contributed by atoms with van der Waals surface area (Å²) in [6, 6.07) is 11.8. The summed E-state index contributed by atoms with van der Waals surface area (Å²) in [4.78, 5) is 16.6. The maximum atomic E-state index is 12.2. The van der Waals surface area contributed by atoms with Gasteiger partial charge in [0.1, 0.15) is 0 Å². The molecule has 2 aromatic heterocycles. The molecule has 0 radical (unpaired) electrons. The van der Waals surface area contributed by atoms with Crippen LogP contribution in [0, 0.1) is 0 Å². The predicted molar refractivity (Wildman–Crippen MR) is 86.4 cm³/mol. The molecule has 5 heteroatoms. The largest absolute Gasteiger partial charge is 0.361 e. The Kier molecular flexibility index (Phi) is 3.89. The summed E-state index contributed by atoms with van der Waals surface area (Å²) < 4.78 is 1.12.